The average Bonchev–Trinajstić information content (AvgIpc) is 3.14. The van der Waals surface area contributed by atoms with Crippen molar-refractivity contribution in [3.63, 3.8) is 0 Å². The third-order valence-corrected chi connectivity index (χ3v) is 8.05. The zero-order chi connectivity index (χ0) is 25.6. The molecule has 0 radical (unpaired) electrons. The van der Waals surface area contributed by atoms with Crippen LogP contribution in [0.3, 0.4) is 0 Å². The number of ether oxygens (including phenoxy) is 1. The highest BCUT2D eigenvalue weighted by Crippen LogP contribution is 2.40. The van der Waals surface area contributed by atoms with Crippen LogP contribution in [-0.4, -0.2) is 65.8 Å². The van der Waals surface area contributed by atoms with Gasteiger partial charge in [0.05, 0.1) is 11.1 Å². The van der Waals surface area contributed by atoms with Gasteiger partial charge in [-0.3, -0.25) is 34.3 Å². The van der Waals surface area contributed by atoms with Gasteiger partial charge in [-0.1, -0.05) is 30.3 Å². The molecule has 1 unspecified atom stereocenters. The van der Waals surface area contributed by atoms with Gasteiger partial charge < -0.3 is 10.1 Å². The Balaban J connectivity index is 1.09. The van der Waals surface area contributed by atoms with Gasteiger partial charge in [-0.25, -0.2) is 0 Å². The summed E-state index contributed by atoms with van der Waals surface area (Å²) in [4.78, 5) is 53.6. The number of nitrogens with one attached hydrogen (secondary N) is 2. The normalized spacial score (nSPS) is 23.1. The van der Waals surface area contributed by atoms with Crippen molar-refractivity contribution < 1.29 is 23.9 Å². The summed E-state index contributed by atoms with van der Waals surface area (Å²) in [5, 5.41) is 5.53. The second-order valence-electron chi connectivity index (χ2n) is 10.6. The predicted octanol–water partition coefficient (Wildman–Crippen LogP) is 2.31. The molecule has 0 aliphatic carbocycles. The number of imide groups is 2. The first-order valence-electron chi connectivity index (χ1n) is 12.9. The van der Waals surface area contributed by atoms with Gasteiger partial charge in [-0.05, 0) is 42.5 Å². The molecule has 9 heteroatoms. The Kier molecular flexibility index (Phi) is 6.04. The maximum absolute atomic E-state index is 13.2. The van der Waals surface area contributed by atoms with E-state index in [0.29, 0.717) is 17.6 Å². The number of nitrogens with zero attached hydrogens (tertiary/aromatic N) is 2. The molecule has 192 valence electrons. The molecule has 2 N–H and O–H groups in total. The first-order valence-corrected chi connectivity index (χ1v) is 12.9. The molecular formula is C28H30N4O5. The van der Waals surface area contributed by atoms with Crippen LogP contribution in [0.4, 0.5) is 5.69 Å². The molecule has 1 atom stereocenters. The van der Waals surface area contributed by atoms with Gasteiger partial charge in [0.25, 0.3) is 11.8 Å². The number of benzene rings is 2. The van der Waals surface area contributed by atoms with Crippen LogP contribution < -0.4 is 10.6 Å². The number of hydrogen-bond donors (Lipinski definition) is 2. The lowest BCUT2D eigenvalue weighted by Gasteiger charge is -2.52. The van der Waals surface area contributed by atoms with Gasteiger partial charge in [0.2, 0.25) is 11.8 Å². The summed E-state index contributed by atoms with van der Waals surface area (Å²) in [5.74, 6) is -2.01. The summed E-state index contributed by atoms with van der Waals surface area (Å²) in [5.41, 5.74) is 3.89. The van der Waals surface area contributed by atoms with E-state index in [4.69, 9.17) is 4.74 Å². The molecular weight excluding hydrogens is 472 g/mol. The fourth-order valence-electron chi connectivity index (χ4n) is 6.02. The van der Waals surface area contributed by atoms with E-state index in [1.807, 2.05) is 0 Å². The van der Waals surface area contributed by atoms with Crippen LogP contribution in [0.15, 0.2) is 42.5 Å². The molecule has 0 aromatic heterocycles. The fraction of sp³-hybridized carbons (Fsp3) is 0.429. The summed E-state index contributed by atoms with van der Waals surface area (Å²) in [6.07, 6.45) is 2.56. The minimum Gasteiger partial charge on any atom is -0.381 e. The SMILES string of the molecule is O=C1CCC(N2C(=O)c3cccc(NCc4ccc(CN5CC6(CCOCC6)C5)cc4)c3C2=O)C(=O)N1. The van der Waals surface area contributed by atoms with E-state index in [-0.39, 0.29) is 29.9 Å². The summed E-state index contributed by atoms with van der Waals surface area (Å²) in [7, 11) is 0. The smallest absolute Gasteiger partial charge is 0.264 e. The fourth-order valence-corrected chi connectivity index (χ4v) is 6.02. The van der Waals surface area contributed by atoms with Crippen LogP contribution in [-0.2, 0) is 27.4 Å². The van der Waals surface area contributed by atoms with Crippen LogP contribution in [0.25, 0.3) is 0 Å². The minimum atomic E-state index is -0.974. The molecule has 3 fully saturated rings. The molecule has 2 aromatic carbocycles. The van der Waals surface area contributed by atoms with Crippen LogP contribution in [0.1, 0.15) is 57.5 Å². The molecule has 9 nitrogen and oxygen atoms in total. The van der Waals surface area contributed by atoms with Crippen LogP contribution in [0.5, 0.6) is 0 Å². The van der Waals surface area contributed by atoms with Gasteiger partial charge in [-0.2, -0.15) is 0 Å². The molecule has 0 saturated carbocycles. The quantitative estimate of drug-likeness (QED) is 0.584. The molecule has 4 aliphatic rings. The Hall–Kier alpha value is -3.56. The highest BCUT2D eigenvalue weighted by molar-refractivity contribution is 6.25. The topological polar surface area (TPSA) is 108 Å². The van der Waals surface area contributed by atoms with Gasteiger partial charge in [0.1, 0.15) is 6.04 Å². The van der Waals surface area contributed by atoms with Gasteiger partial charge in [-0.15, -0.1) is 0 Å². The van der Waals surface area contributed by atoms with Gasteiger partial charge in [0.15, 0.2) is 0 Å². The van der Waals surface area contributed by atoms with Crippen molar-refractivity contribution in [1.29, 1.82) is 0 Å². The first-order chi connectivity index (χ1) is 17.9. The van der Waals surface area contributed by atoms with Crippen molar-refractivity contribution in [1.82, 2.24) is 15.1 Å². The third kappa shape index (κ3) is 4.42. The summed E-state index contributed by atoms with van der Waals surface area (Å²) in [6.45, 7) is 5.48. The summed E-state index contributed by atoms with van der Waals surface area (Å²) in [6, 6.07) is 12.6. The zero-order valence-corrected chi connectivity index (χ0v) is 20.6. The molecule has 2 aromatic rings. The van der Waals surface area contributed by atoms with Crippen molar-refractivity contribution in [2.45, 2.75) is 44.8 Å². The van der Waals surface area contributed by atoms with Crippen molar-refractivity contribution in [3.8, 4) is 0 Å². The minimum absolute atomic E-state index is 0.0957. The monoisotopic (exact) mass is 502 g/mol. The molecule has 1 spiro atoms. The number of rotatable bonds is 6. The number of piperidine rings is 1. The molecule has 4 heterocycles. The highest BCUT2D eigenvalue weighted by Gasteiger charge is 2.46. The zero-order valence-electron chi connectivity index (χ0n) is 20.6. The molecule has 0 bridgehead atoms. The number of fused-ring (bicyclic) bond motifs is 1. The molecule has 37 heavy (non-hydrogen) atoms. The standard InChI is InChI=1S/C28H30N4O5/c33-23-9-8-22(25(34)30-23)32-26(35)20-2-1-3-21(24(20)27(32)36)29-14-18-4-6-19(7-5-18)15-31-16-28(17-31)10-12-37-13-11-28/h1-7,22,29H,8-17H2,(H,30,33,34). The van der Waals surface area contributed by atoms with Crippen LogP contribution in [0, 0.1) is 5.41 Å². The number of anilines is 1. The molecule has 3 saturated heterocycles. The van der Waals surface area contributed by atoms with Gasteiger partial charge in [0, 0.05) is 56.9 Å². The van der Waals surface area contributed by atoms with Crippen molar-refractivity contribution in [2.24, 2.45) is 5.41 Å². The highest BCUT2D eigenvalue weighted by atomic mass is 16.5. The third-order valence-electron chi connectivity index (χ3n) is 8.05. The van der Waals surface area contributed by atoms with Gasteiger partial charge >= 0.3 is 0 Å². The van der Waals surface area contributed by atoms with E-state index < -0.39 is 23.8 Å². The Labute approximate surface area is 215 Å². The number of carbonyl (C=O) groups excluding carboxylic acids is 4. The van der Waals surface area contributed by atoms with Crippen LogP contribution >= 0.6 is 0 Å². The lowest BCUT2D eigenvalue weighted by atomic mass is 9.73. The maximum Gasteiger partial charge on any atom is 0.264 e. The lowest BCUT2D eigenvalue weighted by Crippen LogP contribution is -2.57. The van der Waals surface area contributed by atoms with E-state index in [1.165, 1.54) is 5.56 Å². The second-order valence-corrected chi connectivity index (χ2v) is 10.6. The summed E-state index contributed by atoms with van der Waals surface area (Å²) >= 11 is 0. The number of amides is 4. The van der Waals surface area contributed by atoms with Crippen molar-refractivity contribution in [3.05, 3.63) is 64.7 Å². The van der Waals surface area contributed by atoms with E-state index in [1.54, 1.807) is 18.2 Å². The van der Waals surface area contributed by atoms with Crippen molar-refractivity contribution >= 4 is 29.3 Å². The first kappa shape index (κ1) is 23.8. The van der Waals surface area contributed by atoms with E-state index in [9.17, 15) is 19.2 Å². The van der Waals surface area contributed by atoms with E-state index in [0.717, 1.165) is 56.2 Å². The Morgan fingerprint density at radius 2 is 1.68 bits per heavy atom. The summed E-state index contributed by atoms with van der Waals surface area (Å²) < 4.78 is 5.51. The lowest BCUT2D eigenvalue weighted by molar-refractivity contribution is -0.136. The molecule has 4 amide bonds. The maximum atomic E-state index is 13.2. The Morgan fingerprint density at radius 3 is 2.41 bits per heavy atom. The average molecular weight is 503 g/mol. The number of carbonyl (C=O) groups is 4. The molecule has 4 aliphatic heterocycles. The molecule has 6 rings (SSSR count). The Morgan fingerprint density at radius 1 is 0.946 bits per heavy atom. The largest absolute Gasteiger partial charge is 0.381 e. The second kappa shape index (κ2) is 9.39. The van der Waals surface area contributed by atoms with Crippen LogP contribution in [0.2, 0.25) is 0 Å². The van der Waals surface area contributed by atoms with E-state index in [2.05, 4.69) is 39.8 Å². The predicted molar refractivity (Wildman–Crippen MR) is 135 cm³/mol. The number of hydrogen-bond acceptors (Lipinski definition) is 7. The number of likely N-dealkylation sites (tertiary alicyclic amines) is 1. The Bertz CT molecular complexity index is 1260. The van der Waals surface area contributed by atoms with E-state index >= 15 is 0 Å². The van der Waals surface area contributed by atoms with Crippen molar-refractivity contribution in [2.75, 3.05) is 31.6 Å².